The summed E-state index contributed by atoms with van der Waals surface area (Å²) in [5, 5.41) is 0. The van der Waals surface area contributed by atoms with Crippen molar-refractivity contribution in [1.82, 2.24) is 0 Å². The van der Waals surface area contributed by atoms with Crippen molar-refractivity contribution in [2.45, 2.75) is 90.6 Å². The predicted molar refractivity (Wildman–Crippen MR) is 111 cm³/mol. The molecular weight excluding hydrogens is 354 g/mol. The van der Waals surface area contributed by atoms with Crippen LogP contribution < -0.4 is 0 Å². The third-order valence-electron chi connectivity index (χ3n) is 7.48. The smallest absolute Gasteiger partial charge is 0.131 e. The Balaban J connectivity index is 1.41. The average molecular weight is 393 g/mol. The van der Waals surface area contributed by atoms with E-state index in [1.54, 1.807) is 0 Å². The summed E-state index contributed by atoms with van der Waals surface area (Å²) in [6.07, 6.45) is 15.7. The van der Waals surface area contributed by atoms with Crippen LogP contribution in [0.4, 0.5) is 8.78 Å². The summed E-state index contributed by atoms with van der Waals surface area (Å²) < 4.78 is 33.0. The molecule has 0 N–H and O–H groups in total. The molecule has 28 heavy (non-hydrogen) atoms. The lowest BCUT2D eigenvalue weighted by atomic mass is 9.68. The molecule has 0 spiro atoms. The van der Waals surface area contributed by atoms with Crippen LogP contribution in [0, 0.1) is 35.3 Å². The summed E-state index contributed by atoms with van der Waals surface area (Å²) in [6.45, 7) is 2.30. The predicted octanol–water partition coefficient (Wildman–Crippen LogP) is 7.46. The van der Waals surface area contributed by atoms with Crippen molar-refractivity contribution in [1.29, 1.82) is 0 Å². The molecule has 2 saturated carbocycles. The first-order valence-corrected chi connectivity index (χ1v) is 11.6. The number of aryl methyl sites for hydroxylation is 1. The second kappa shape index (κ2) is 10.7. The molecule has 2 fully saturated rings. The van der Waals surface area contributed by atoms with Crippen LogP contribution >= 0.6 is 0 Å². The van der Waals surface area contributed by atoms with Crippen molar-refractivity contribution in [2.24, 2.45) is 23.7 Å². The number of benzene rings is 1. The first kappa shape index (κ1) is 21.7. The van der Waals surface area contributed by atoms with Gasteiger partial charge < -0.3 is 4.74 Å². The van der Waals surface area contributed by atoms with Crippen LogP contribution in [-0.4, -0.2) is 7.11 Å². The van der Waals surface area contributed by atoms with E-state index < -0.39 is 11.6 Å². The van der Waals surface area contributed by atoms with Crippen molar-refractivity contribution >= 4 is 0 Å². The van der Waals surface area contributed by atoms with Crippen LogP contribution in [0.1, 0.15) is 88.7 Å². The molecule has 0 aromatic heterocycles. The highest BCUT2D eigenvalue weighted by Crippen LogP contribution is 2.43. The summed E-state index contributed by atoms with van der Waals surface area (Å²) >= 11 is 0. The minimum Gasteiger partial charge on any atom is -0.380 e. The third-order valence-corrected chi connectivity index (χ3v) is 7.48. The molecule has 0 saturated heterocycles. The number of ether oxygens (including phenoxy) is 1. The van der Waals surface area contributed by atoms with Gasteiger partial charge in [0, 0.05) is 12.7 Å². The van der Waals surface area contributed by atoms with Gasteiger partial charge in [-0.1, -0.05) is 45.4 Å². The molecule has 0 aliphatic heterocycles. The van der Waals surface area contributed by atoms with Crippen LogP contribution in [0.5, 0.6) is 0 Å². The highest BCUT2D eigenvalue weighted by Gasteiger charge is 2.30. The Hall–Kier alpha value is -0.960. The van der Waals surface area contributed by atoms with Gasteiger partial charge in [-0.25, -0.2) is 8.78 Å². The number of hydrogen-bond acceptors (Lipinski definition) is 1. The van der Waals surface area contributed by atoms with Crippen molar-refractivity contribution < 1.29 is 13.5 Å². The highest BCUT2D eigenvalue weighted by molar-refractivity contribution is 5.26. The summed E-state index contributed by atoms with van der Waals surface area (Å²) in [7, 11) is 1.46. The second-order valence-electron chi connectivity index (χ2n) is 9.36. The molecule has 2 aliphatic rings. The standard InChI is InChI=1S/C25H38F2O/c1-3-4-18-7-11-21(12-8-18)22-13-9-19(10-14-22)5-6-20-15-24(26)23(17-28-2)25(27)16-20/h15-16,18-19,21-22H,3-14,17H2,1-2H3. The molecule has 1 aromatic rings. The monoisotopic (exact) mass is 392 g/mol. The van der Waals surface area contributed by atoms with Crippen molar-refractivity contribution in [3.8, 4) is 0 Å². The van der Waals surface area contributed by atoms with E-state index in [9.17, 15) is 8.78 Å². The first-order chi connectivity index (χ1) is 13.6. The maximum atomic E-state index is 14.1. The van der Waals surface area contributed by atoms with Crippen LogP contribution in [0.25, 0.3) is 0 Å². The minimum atomic E-state index is -0.473. The zero-order valence-electron chi connectivity index (χ0n) is 17.8. The van der Waals surface area contributed by atoms with Gasteiger partial charge in [0.2, 0.25) is 0 Å². The lowest BCUT2D eigenvalue weighted by molar-refractivity contribution is 0.141. The van der Waals surface area contributed by atoms with Gasteiger partial charge in [0.05, 0.1) is 6.61 Å². The Kier molecular flexibility index (Phi) is 8.32. The fourth-order valence-electron chi connectivity index (χ4n) is 5.76. The maximum Gasteiger partial charge on any atom is 0.131 e. The molecule has 2 aliphatic carbocycles. The van der Waals surface area contributed by atoms with Gasteiger partial charge in [-0.05, 0) is 79.9 Å². The van der Waals surface area contributed by atoms with Gasteiger partial charge in [0.15, 0.2) is 0 Å². The zero-order chi connectivity index (χ0) is 19.9. The van der Waals surface area contributed by atoms with Gasteiger partial charge in [-0.3, -0.25) is 0 Å². The molecule has 0 heterocycles. The fraction of sp³-hybridized carbons (Fsp3) is 0.760. The van der Waals surface area contributed by atoms with Crippen LogP contribution in [0.3, 0.4) is 0 Å². The minimum absolute atomic E-state index is 0.0116. The lowest BCUT2D eigenvalue weighted by Crippen LogP contribution is -2.26. The number of methoxy groups -OCH3 is 1. The summed E-state index contributed by atoms with van der Waals surface area (Å²) in [5.74, 6) is 2.66. The number of hydrogen-bond donors (Lipinski definition) is 0. The van der Waals surface area contributed by atoms with E-state index >= 15 is 0 Å². The van der Waals surface area contributed by atoms with Gasteiger partial charge in [-0.2, -0.15) is 0 Å². The fourth-order valence-corrected chi connectivity index (χ4v) is 5.76. The zero-order valence-corrected chi connectivity index (χ0v) is 17.8. The van der Waals surface area contributed by atoms with E-state index in [0.29, 0.717) is 0 Å². The summed E-state index contributed by atoms with van der Waals surface area (Å²) in [6, 6.07) is 3.00. The molecule has 158 valence electrons. The number of rotatable bonds is 8. The molecule has 3 heteroatoms. The molecular formula is C25H38F2O. The third kappa shape index (κ3) is 5.78. The highest BCUT2D eigenvalue weighted by atomic mass is 19.1. The van der Waals surface area contributed by atoms with E-state index in [1.807, 2.05) is 0 Å². The van der Waals surface area contributed by atoms with Crippen LogP contribution in [0.2, 0.25) is 0 Å². The molecule has 1 aromatic carbocycles. The Morgan fingerprint density at radius 3 is 1.79 bits per heavy atom. The summed E-state index contributed by atoms with van der Waals surface area (Å²) in [4.78, 5) is 0. The van der Waals surface area contributed by atoms with E-state index in [4.69, 9.17) is 4.74 Å². The molecule has 0 bridgehead atoms. The van der Waals surface area contributed by atoms with E-state index in [0.717, 1.165) is 42.1 Å². The molecule has 0 amide bonds. The normalized spacial score (nSPS) is 28.4. The summed E-state index contributed by atoms with van der Waals surface area (Å²) in [5.41, 5.74) is 0.826. The molecule has 0 radical (unpaired) electrons. The quantitative estimate of drug-likeness (QED) is 0.446. The van der Waals surface area contributed by atoms with Gasteiger partial charge in [0.1, 0.15) is 11.6 Å². The van der Waals surface area contributed by atoms with E-state index in [-0.39, 0.29) is 12.2 Å². The number of halogens is 2. The Bertz CT molecular complexity index is 576. The Labute approximate surface area is 170 Å². The molecule has 0 unspecified atom stereocenters. The van der Waals surface area contributed by atoms with E-state index in [2.05, 4.69) is 6.92 Å². The van der Waals surface area contributed by atoms with Crippen LogP contribution in [0.15, 0.2) is 12.1 Å². The molecule has 1 nitrogen and oxygen atoms in total. The Morgan fingerprint density at radius 1 is 0.821 bits per heavy atom. The van der Waals surface area contributed by atoms with Gasteiger partial charge in [-0.15, -0.1) is 0 Å². The topological polar surface area (TPSA) is 9.23 Å². The first-order valence-electron chi connectivity index (χ1n) is 11.6. The maximum absolute atomic E-state index is 14.1. The van der Waals surface area contributed by atoms with Crippen molar-refractivity contribution in [2.75, 3.05) is 7.11 Å². The average Bonchev–Trinajstić information content (AvgIpc) is 2.70. The van der Waals surface area contributed by atoms with E-state index in [1.165, 1.54) is 83.5 Å². The molecule has 0 atom stereocenters. The lowest BCUT2D eigenvalue weighted by Gasteiger charge is -2.38. The molecule has 3 rings (SSSR count). The largest absolute Gasteiger partial charge is 0.380 e. The van der Waals surface area contributed by atoms with Crippen molar-refractivity contribution in [3.63, 3.8) is 0 Å². The van der Waals surface area contributed by atoms with Gasteiger partial charge in [0.25, 0.3) is 0 Å². The van der Waals surface area contributed by atoms with Crippen molar-refractivity contribution in [3.05, 3.63) is 34.9 Å². The Morgan fingerprint density at radius 2 is 1.32 bits per heavy atom. The van der Waals surface area contributed by atoms with Crippen LogP contribution in [-0.2, 0) is 17.8 Å². The SMILES string of the molecule is CCCC1CCC(C2CCC(CCc3cc(F)c(COC)c(F)c3)CC2)CC1. The van der Waals surface area contributed by atoms with Gasteiger partial charge >= 0.3 is 0 Å². The second-order valence-corrected chi connectivity index (χ2v) is 9.36.